The zero-order chi connectivity index (χ0) is 19.4. The molecule has 3 atom stereocenters. The second-order valence-electron chi connectivity index (χ2n) is 8.19. The highest BCUT2D eigenvalue weighted by atomic mass is 32.2. The Bertz CT molecular complexity index is 692. The summed E-state index contributed by atoms with van der Waals surface area (Å²) in [6.07, 6.45) is 1.09. The van der Waals surface area contributed by atoms with Crippen LogP contribution in [0, 0.1) is 18.8 Å². The Kier molecular flexibility index (Phi) is 6.92. The topological polar surface area (TPSA) is 61.9 Å². The predicted octanol–water partition coefficient (Wildman–Crippen LogP) is 2.18. The van der Waals surface area contributed by atoms with Gasteiger partial charge in [-0.3, -0.25) is 4.90 Å². The predicted molar refractivity (Wildman–Crippen MR) is 108 cm³/mol. The standard InChI is InChI=1S/C20H33N3O3S/c1-16-4-6-19(7-5-16)20(22-8-10-26-11-9-22)13-21-27(24,25)23-14-17(2)12-18(3)15-23/h4-7,17-18,20-21H,8-15H2,1-3H3. The summed E-state index contributed by atoms with van der Waals surface area (Å²) in [6.45, 7) is 10.9. The van der Waals surface area contributed by atoms with Crippen LogP contribution in [0.4, 0.5) is 0 Å². The molecule has 152 valence electrons. The molecule has 0 bridgehead atoms. The van der Waals surface area contributed by atoms with E-state index in [4.69, 9.17) is 4.74 Å². The normalized spacial score (nSPS) is 26.8. The lowest BCUT2D eigenvalue weighted by Gasteiger charge is -2.37. The first kappa shape index (κ1) is 20.7. The molecule has 0 saturated carbocycles. The number of rotatable bonds is 6. The molecule has 3 unspecified atom stereocenters. The van der Waals surface area contributed by atoms with Gasteiger partial charge in [-0.05, 0) is 30.7 Å². The van der Waals surface area contributed by atoms with Crippen LogP contribution >= 0.6 is 0 Å². The van der Waals surface area contributed by atoms with Gasteiger partial charge in [0.1, 0.15) is 0 Å². The minimum absolute atomic E-state index is 0.0175. The third-order valence-electron chi connectivity index (χ3n) is 5.58. The van der Waals surface area contributed by atoms with Gasteiger partial charge in [-0.1, -0.05) is 43.7 Å². The van der Waals surface area contributed by atoms with E-state index in [0.29, 0.717) is 44.7 Å². The van der Waals surface area contributed by atoms with E-state index in [-0.39, 0.29) is 6.04 Å². The lowest BCUT2D eigenvalue weighted by Crippen LogP contribution is -2.50. The number of morpholine rings is 1. The molecular weight excluding hydrogens is 362 g/mol. The van der Waals surface area contributed by atoms with Crippen LogP contribution in [0.3, 0.4) is 0 Å². The van der Waals surface area contributed by atoms with Gasteiger partial charge in [0.2, 0.25) is 0 Å². The fraction of sp³-hybridized carbons (Fsp3) is 0.700. The average Bonchev–Trinajstić information content (AvgIpc) is 2.63. The van der Waals surface area contributed by atoms with Gasteiger partial charge in [0, 0.05) is 38.8 Å². The van der Waals surface area contributed by atoms with E-state index in [9.17, 15) is 8.42 Å². The summed E-state index contributed by atoms with van der Waals surface area (Å²) in [7, 11) is -3.47. The summed E-state index contributed by atoms with van der Waals surface area (Å²) in [5.74, 6) is 0.801. The molecule has 0 amide bonds. The number of piperidine rings is 1. The molecule has 0 aromatic heterocycles. The molecule has 0 aliphatic carbocycles. The summed E-state index contributed by atoms with van der Waals surface area (Å²) in [4.78, 5) is 2.32. The molecule has 0 spiro atoms. The van der Waals surface area contributed by atoms with Gasteiger partial charge in [0.05, 0.1) is 13.2 Å². The van der Waals surface area contributed by atoms with Crippen LogP contribution in [0.2, 0.25) is 0 Å². The van der Waals surface area contributed by atoms with Crippen molar-refractivity contribution in [1.29, 1.82) is 0 Å². The maximum absolute atomic E-state index is 12.9. The minimum Gasteiger partial charge on any atom is -0.379 e. The van der Waals surface area contributed by atoms with E-state index in [0.717, 1.165) is 25.1 Å². The van der Waals surface area contributed by atoms with E-state index in [1.807, 2.05) is 0 Å². The van der Waals surface area contributed by atoms with Crippen LogP contribution in [0.5, 0.6) is 0 Å². The van der Waals surface area contributed by atoms with Gasteiger partial charge < -0.3 is 4.74 Å². The second-order valence-corrected chi connectivity index (χ2v) is 9.95. The van der Waals surface area contributed by atoms with Gasteiger partial charge >= 0.3 is 0 Å². The van der Waals surface area contributed by atoms with Gasteiger partial charge in [-0.15, -0.1) is 0 Å². The molecule has 2 aliphatic rings. The Morgan fingerprint density at radius 2 is 1.70 bits per heavy atom. The van der Waals surface area contributed by atoms with Crippen molar-refractivity contribution in [2.45, 2.75) is 33.2 Å². The summed E-state index contributed by atoms with van der Waals surface area (Å²) in [6, 6.07) is 8.41. The number of hydrogen-bond donors (Lipinski definition) is 1. The van der Waals surface area contributed by atoms with Crippen LogP contribution in [0.15, 0.2) is 24.3 Å². The lowest BCUT2D eigenvalue weighted by atomic mass is 9.94. The highest BCUT2D eigenvalue weighted by molar-refractivity contribution is 7.87. The molecule has 2 saturated heterocycles. The molecule has 27 heavy (non-hydrogen) atoms. The van der Waals surface area contributed by atoms with Crippen molar-refractivity contribution in [1.82, 2.24) is 13.9 Å². The van der Waals surface area contributed by atoms with Crippen molar-refractivity contribution in [2.75, 3.05) is 45.9 Å². The summed E-state index contributed by atoms with van der Waals surface area (Å²) >= 11 is 0. The van der Waals surface area contributed by atoms with Crippen molar-refractivity contribution in [3.8, 4) is 0 Å². The number of hydrogen-bond acceptors (Lipinski definition) is 4. The Morgan fingerprint density at radius 3 is 2.30 bits per heavy atom. The fourth-order valence-electron chi connectivity index (χ4n) is 4.21. The molecule has 6 nitrogen and oxygen atoms in total. The third-order valence-corrected chi connectivity index (χ3v) is 7.09. The second kappa shape index (κ2) is 9.01. The zero-order valence-corrected chi connectivity index (χ0v) is 17.5. The first-order valence-electron chi connectivity index (χ1n) is 9.98. The number of benzene rings is 1. The Hall–Kier alpha value is -0.990. The first-order valence-corrected chi connectivity index (χ1v) is 11.4. The van der Waals surface area contributed by atoms with Gasteiger partial charge in [-0.2, -0.15) is 12.7 Å². The van der Waals surface area contributed by atoms with Crippen LogP contribution < -0.4 is 4.72 Å². The Morgan fingerprint density at radius 1 is 1.11 bits per heavy atom. The first-order chi connectivity index (χ1) is 12.8. The molecule has 1 aromatic rings. The molecule has 1 aromatic carbocycles. The van der Waals surface area contributed by atoms with E-state index in [2.05, 4.69) is 54.7 Å². The van der Waals surface area contributed by atoms with E-state index in [1.165, 1.54) is 5.56 Å². The Balaban J connectivity index is 1.72. The van der Waals surface area contributed by atoms with Crippen LogP contribution in [0.25, 0.3) is 0 Å². The maximum Gasteiger partial charge on any atom is 0.279 e. The third kappa shape index (κ3) is 5.51. The van der Waals surface area contributed by atoms with Gasteiger partial charge in [0.25, 0.3) is 10.2 Å². The molecule has 2 aliphatic heterocycles. The molecule has 3 rings (SSSR count). The van der Waals surface area contributed by atoms with Crippen molar-refractivity contribution in [3.63, 3.8) is 0 Å². The molecular formula is C20H33N3O3S. The van der Waals surface area contributed by atoms with Crippen molar-refractivity contribution in [3.05, 3.63) is 35.4 Å². The van der Waals surface area contributed by atoms with Gasteiger partial charge in [0.15, 0.2) is 0 Å². The number of nitrogens with one attached hydrogen (secondary N) is 1. The molecule has 0 radical (unpaired) electrons. The highest BCUT2D eigenvalue weighted by Gasteiger charge is 2.32. The monoisotopic (exact) mass is 395 g/mol. The summed E-state index contributed by atoms with van der Waals surface area (Å²) < 4.78 is 35.8. The van der Waals surface area contributed by atoms with Gasteiger partial charge in [-0.25, -0.2) is 4.72 Å². The maximum atomic E-state index is 12.9. The van der Waals surface area contributed by atoms with Crippen molar-refractivity contribution >= 4 is 10.2 Å². The quantitative estimate of drug-likeness (QED) is 0.802. The number of nitrogens with zero attached hydrogens (tertiary/aromatic N) is 2. The molecule has 2 fully saturated rings. The van der Waals surface area contributed by atoms with Crippen molar-refractivity contribution in [2.24, 2.45) is 11.8 Å². The smallest absolute Gasteiger partial charge is 0.279 e. The SMILES string of the molecule is Cc1ccc(C(CNS(=O)(=O)N2CC(C)CC(C)C2)N2CCOCC2)cc1. The van der Waals surface area contributed by atoms with E-state index < -0.39 is 10.2 Å². The number of ether oxygens (including phenoxy) is 1. The lowest BCUT2D eigenvalue weighted by molar-refractivity contribution is 0.0171. The summed E-state index contributed by atoms with van der Waals surface area (Å²) in [5, 5.41) is 0. The zero-order valence-electron chi connectivity index (χ0n) is 16.7. The minimum atomic E-state index is -3.47. The molecule has 7 heteroatoms. The Labute approximate surface area is 164 Å². The number of aryl methyl sites for hydroxylation is 1. The summed E-state index contributed by atoms with van der Waals surface area (Å²) in [5.41, 5.74) is 2.35. The average molecular weight is 396 g/mol. The molecule has 1 N–H and O–H groups in total. The van der Waals surface area contributed by atoms with Crippen molar-refractivity contribution < 1.29 is 13.2 Å². The van der Waals surface area contributed by atoms with Crippen LogP contribution in [-0.2, 0) is 14.9 Å². The molecule has 2 heterocycles. The highest BCUT2D eigenvalue weighted by Crippen LogP contribution is 2.25. The van der Waals surface area contributed by atoms with E-state index >= 15 is 0 Å². The van der Waals surface area contributed by atoms with Crippen LogP contribution in [-0.4, -0.2) is 63.6 Å². The van der Waals surface area contributed by atoms with E-state index in [1.54, 1.807) is 4.31 Å². The van der Waals surface area contributed by atoms with Crippen LogP contribution in [0.1, 0.15) is 37.4 Å². The largest absolute Gasteiger partial charge is 0.379 e. The fourth-order valence-corrected chi connectivity index (χ4v) is 5.67.